The topological polar surface area (TPSA) is 34.9 Å². The van der Waals surface area contributed by atoms with Crippen LogP contribution in [0.5, 0.6) is 0 Å². The third-order valence-corrected chi connectivity index (χ3v) is 3.29. The van der Waals surface area contributed by atoms with Crippen LogP contribution in [-0.4, -0.2) is 15.6 Å². The summed E-state index contributed by atoms with van der Waals surface area (Å²) in [6, 6.07) is 0.502. The predicted molar refractivity (Wildman–Crippen MR) is 58.9 cm³/mol. The van der Waals surface area contributed by atoms with Crippen molar-refractivity contribution in [2.24, 2.45) is 5.92 Å². The van der Waals surface area contributed by atoms with Gasteiger partial charge in [-0.1, -0.05) is 19.8 Å². The third kappa shape index (κ3) is 2.28. The zero-order valence-corrected chi connectivity index (χ0v) is 9.44. The fourth-order valence-corrected chi connectivity index (χ4v) is 2.36. The quantitative estimate of drug-likeness (QED) is 0.697. The summed E-state index contributed by atoms with van der Waals surface area (Å²) in [7, 11) is 0. The molecule has 0 amide bonds. The van der Waals surface area contributed by atoms with Crippen molar-refractivity contribution in [1.82, 2.24) is 9.78 Å². The molecule has 0 saturated heterocycles. The Hall–Kier alpha value is -1.12. The molecular formula is C12H18N2O. The second-order valence-corrected chi connectivity index (χ2v) is 4.69. The van der Waals surface area contributed by atoms with Gasteiger partial charge in [0.1, 0.15) is 0 Å². The lowest BCUT2D eigenvalue weighted by atomic mass is 9.87. The van der Waals surface area contributed by atoms with Crippen LogP contribution in [0, 0.1) is 5.92 Å². The predicted octanol–water partition coefficient (Wildman–Crippen LogP) is 2.84. The van der Waals surface area contributed by atoms with Gasteiger partial charge in [0.2, 0.25) is 0 Å². The highest BCUT2D eigenvalue weighted by Gasteiger charge is 2.21. The maximum atomic E-state index is 11.2. The van der Waals surface area contributed by atoms with E-state index >= 15 is 0 Å². The number of ketones is 1. The molecule has 15 heavy (non-hydrogen) atoms. The molecule has 1 aromatic heterocycles. The molecule has 0 bridgehead atoms. The molecule has 1 fully saturated rings. The minimum Gasteiger partial charge on any atom is -0.294 e. The summed E-state index contributed by atoms with van der Waals surface area (Å²) in [6.07, 6.45) is 8.58. The van der Waals surface area contributed by atoms with Crippen molar-refractivity contribution in [2.75, 3.05) is 0 Å². The molecule has 0 radical (unpaired) electrons. The Labute approximate surface area is 90.5 Å². The van der Waals surface area contributed by atoms with Crippen LogP contribution in [0.4, 0.5) is 0 Å². The number of hydrogen-bond donors (Lipinski definition) is 0. The Kier molecular flexibility index (Phi) is 2.89. The van der Waals surface area contributed by atoms with E-state index in [1.807, 2.05) is 10.9 Å². The van der Waals surface area contributed by atoms with E-state index in [9.17, 15) is 4.79 Å². The molecule has 2 atom stereocenters. The number of Topliss-reactive ketones (excluding diaryl/α,β-unsaturated/α-hetero) is 1. The average molecular weight is 206 g/mol. The number of aromatic nitrogens is 2. The molecule has 1 aliphatic carbocycles. The van der Waals surface area contributed by atoms with Crippen LogP contribution < -0.4 is 0 Å². The molecule has 3 nitrogen and oxygen atoms in total. The monoisotopic (exact) mass is 206 g/mol. The van der Waals surface area contributed by atoms with Crippen LogP contribution in [0.2, 0.25) is 0 Å². The highest BCUT2D eigenvalue weighted by atomic mass is 16.1. The van der Waals surface area contributed by atoms with E-state index in [0.29, 0.717) is 6.04 Å². The number of hydrogen-bond acceptors (Lipinski definition) is 2. The largest absolute Gasteiger partial charge is 0.294 e. The van der Waals surface area contributed by atoms with Crippen molar-refractivity contribution in [2.45, 2.75) is 45.6 Å². The fraction of sp³-hybridized carbons (Fsp3) is 0.667. The summed E-state index contributed by atoms with van der Waals surface area (Å²) < 4.78 is 1.98. The Morgan fingerprint density at radius 1 is 1.53 bits per heavy atom. The van der Waals surface area contributed by atoms with E-state index in [0.717, 1.165) is 11.5 Å². The van der Waals surface area contributed by atoms with Gasteiger partial charge >= 0.3 is 0 Å². The lowest BCUT2D eigenvalue weighted by molar-refractivity contribution is 0.101. The highest BCUT2D eigenvalue weighted by molar-refractivity contribution is 5.93. The van der Waals surface area contributed by atoms with E-state index in [1.54, 1.807) is 13.1 Å². The zero-order chi connectivity index (χ0) is 10.8. The lowest BCUT2D eigenvalue weighted by Gasteiger charge is -2.26. The van der Waals surface area contributed by atoms with Crippen LogP contribution in [0.15, 0.2) is 12.4 Å². The van der Waals surface area contributed by atoms with Crippen molar-refractivity contribution in [3.63, 3.8) is 0 Å². The molecule has 0 aromatic carbocycles. The summed E-state index contributed by atoms with van der Waals surface area (Å²) in [5.41, 5.74) is 0.730. The van der Waals surface area contributed by atoms with Crippen molar-refractivity contribution in [3.8, 4) is 0 Å². The van der Waals surface area contributed by atoms with Crippen LogP contribution >= 0.6 is 0 Å². The van der Waals surface area contributed by atoms with Gasteiger partial charge in [-0.05, 0) is 25.7 Å². The van der Waals surface area contributed by atoms with E-state index in [1.165, 1.54) is 25.7 Å². The molecular weight excluding hydrogens is 188 g/mol. The first-order valence-corrected chi connectivity index (χ1v) is 5.72. The Morgan fingerprint density at radius 3 is 2.93 bits per heavy atom. The summed E-state index contributed by atoms with van der Waals surface area (Å²) in [6.45, 7) is 3.88. The van der Waals surface area contributed by atoms with Crippen LogP contribution in [0.3, 0.4) is 0 Å². The minimum absolute atomic E-state index is 0.102. The molecule has 3 heteroatoms. The molecule has 1 aliphatic rings. The lowest BCUT2D eigenvalue weighted by Crippen LogP contribution is -2.17. The third-order valence-electron chi connectivity index (χ3n) is 3.29. The first kappa shape index (κ1) is 10.4. The Morgan fingerprint density at radius 2 is 2.33 bits per heavy atom. The van der Waals surface area contributed by atoms with E-state index in [2.05, 4.69) is 12.0 Å². The molecule has 82 valence electrons. The van der Waals surface area contributed by atoms with E-state index in [4.69, 9.17) is 0 Å². The summed E-state index contributed by atoms with van der Waals surface area (Å²) in [5, 5.41) is 4.29. The fourth-order valence-electron chi connectivity index (χ4n) is 2.36. The SMILES string of the molecule is CC(=O)c1cnn(C2CCCC(C)C2)c1. The van der Waals surface area contributed by atoms with Gasteiger partial charge in [-0.25, -0.2) is 0 Å². The average Bonchev–Trinajstić information content (AvgIpc) is 2.66. The van der Waals surface area contributed by atoms with Gasteiger partial charge in [-0.15, -0.1) is 0 Å². The van der Waals surface area contributed by atoms with Crippen molar-refractivity contribution in [3.05, 3.63) is 18.0 Å². The molecule has 1 saturated carbocycles. The Bertz CT molecular complexity index is 356. The van der Waals surface area contributed by atoms with Crippen molar-refractivity contribution in [1.29, 1.82) is 0 Å². The summed E-state index contributed by atoms with van der Waals surface area (Å²) in [5.74, 6) is 0.888. The highest BCUT2D eigenvalue weighted by Crippen LogP contribution is 2.31. The molecule has 1 heterocycles. The van der Waals surface area contributed by atoms with E-state index in [-0.39, 0.29) is 5.78 Å². The smallest absolute Gasteiger partial charge is 0.162 e. The normalized spacial score (nSPS) is 26.5. The van der Waals surface area contributed by atoms with Gasteiger partial charge in [0, 0.05) is 6.20 Å². The maximum Gasteiger partial charge on any atom is 0.162 e. The first-order valence-electron chi connectivity index (χ1n) is 5.72. The zero-order valence-electron chi connectivity index (χ0n) is 9.44. The van der Waals surface area contributed by atoms with Crippen LogP contribution in [0.25, 0.3) is 0 Å². The Balaban J connectivity index is 2.11. The van der Waals surface area contributed by atoms with Crippen molar-refractivity contribution >= 4 is 5.78 Å². The van der Waals surface area contributed by atoms with Gasteiger partial charge < -0.3 is 0 Å². The van der Waals surface area contributed by atoms with Gasteiger partial charge in [-0.2, -0.15) is 5.10 Å². The summed E-state index contributed by atoms with van der Waals surface area (Å²) >= 11 is 0. The summed E-state index contributed by atoms with van der Waals surface area (Å²) in [4.78, 5) is 11.2. The molecule has 1 aromatic rings. The molecule has 2 unspecified atom stereocenters. The second kappa shape index (κ2) is 4.17. The van der Waals surface area contributed by atoms with Gasteiger partial charge in [0.05, 0.1) is 17.8 Å². The van der Waals surface area contributed by atoms with Gasteiger partial charge in [0.15, 0.2) is 5.78 Å². The molecule has 0 spiro atoms. The minimum atomic E-state index is 0.102. The molecule has 0 aliphatic heterocycles. The number of carbonyl (C=O) groups is 1. The number of nitrogens with zero attached hydrogens (tertiary/aromatic N) is 2. The van der Waals surface area contributed by atoms with Gasteiger partial charge in [0.25, 0.3) is 0 Å². The first-order chi connectivity index (χ1) is 7.16. The maximum absolute atomic E-state index is 11.2. The van der Waals surface area contributed by atoms with E-state index < -0.39 is 0 Å². The number of rotatable bonds is 2. The molecule has 0 N–H and O–H groups in total. The van der Waals surface area contributed by atoms with Crippen LogP contribution in [0.1, 0.15) is 55.9 Å². The second-order valence-electron chi connectivity index (χ2n) is 4.69. The standard InChI is InChI=1S/C12H18N2O/c1-9-4-3-5-12(6-9)14-8-11(7-13-14)10(2)15/h7-9,12H,3-6H2,1-2H3. The van der Waals surface area contributed by atoms with Gasteiger partial charge in [-0.3, -0.25) is 9.48 Å². The number of carbonyl (C=O) groups excluding carboxylic acids is 1. The van der Waals surface area contributed by atoms with Crippen molar-refractivity contribution < 1.29 is 4.79 Å². The molecule has 2 rings (SSSR count). The van der Waals surface area contributed by atoms with Crippen LogP contribution in [-0.2, 0) is 0 Å².